The molecule has 0 aromatic heterocycles. The molecule has 0 unspecified atom stereocenters. The van der Waals surface area contributed by atoms with Gasteiger partial charge in [-0.05, 0) is 61.7 Å². The average Bonchev–Trinajstić information content (AvgIpc) is 2.78. The van der Waals surface area contributed by atoms with Crippen molar-refractivity contribution in [3.8, 4) is 11.5 Å². The minimum absolute atomic E-state index is 0.0176. The monoisotopic (exact) mass is 399 g/mol. The van der Waals surface area contributed by atoms with Crippen LogP contribution < -0.4 is 14.8 Å². The molecule has 0 atom stereocenters. The zero-order valence-corrected chi connectivity index (χ0v) is 17.1. The lowest BCUT2D eigenvalue weighted by molar-refractivity contribution is -0.125. The van der Waals surface area contributed by atoms with Gasteiger partial charge in [0.1, 0.15) is 18.1 Å². The Morgan fingerprint density at radius 2 is 1.66 bits per heavy atom. The van der Waals surface area contributed by atoms with E-state index in [4.69, 9.17) is 18.9 Å². The summed E-state index contributed by atoms with van der Waals surface area (Å²) in [5.74, 6) is 1.51. The Balaban J connectivity index is 1.70. The first-order chi connectivity index (χ1) is 14.2. The highest BCUT2D eigenvalue weighted by atomic mass is 16.5. The Hall–Kier alpha value is -2.57. The minimum atomic E-state index is -0.614. The van der Waals surface area contributed by atoms with Crippen LogP contribution in [0.5, 0.6) is 11.5 Å². The molecule has 6 nitrogen and oxygen atoms in total. The first-order valence-corrected chi connectivity index (χ1v) is 10.0. The number of benzene rings is 2. The van der Waals surface area contributed by atoms with Crippen LogP contribution >= 0.6 is 0 Å². The van der Waals surface area contributed by atoms with Crippen LogP contribution in [0.1, 0.15) is 25.3 Å². The Morgan fingerprint density at radius 3 is 2.28 bits per heavy atom. The summed E-state index contributed by atoms with van der Waals surface area (Å²) in [7, 11) is 1.64. The minimum Gasteiger partial charge on any atom is -0.497 e. The van der Waals surface area contributed by atoms with Crippen LogP contribution in [-0.2, 0) is 19.7 Å². The second-order valence-electron chi connectivity index (χ2n) is 6.95. The van der Waals surface area contributed by atoms with Crippen molar-refractivity contribution in [3.63, 3.8) is 0 Å². The van der Waals surface area contributed by atoms with E-state index in [9.17, 15) is 4.79 Å². The zero-order valence-electron chi connectivity index (χ0n) is 17.1. The SMILES string of the molecule is CCOCCOc1ccc(NC(=O)C2(c3ccc(OC)cc3)CCOCC2)cc1. The van der Waals surface area contributed by atoms with Crippen LogP contribution in [0.15, 0.2) is 48.5 Å². The number of hydrogen-bond acceptors (Lipinski definition) is 5. The molecule has 2 aromatic carbocycles. The molecule has 1 aliphatic heterocycles. The van der Waals surface area contributed by atoms with Gasteiger partial charge in [-0.15, -0.1) is 0 Å². The summed E-state index contributed by atoms with van der Waals surface area (Å²) in [6, 6.07) is 15.2. The molecule has 1 saturated heterocycles. The molecular weight excluding hydrogens is 370 g/mol. The third kappa shape index (κ3) is 5.28. The molecule has 0 bridgehead atoms. The highest BCUT2D eigenvalue weighted by molar-refractivity contribution is 5.99. The topological polar surface area (TPSA) is 66.0 Å². The van der Waals surface area contributed by atoms with E-state index in [0.717, 1.165) is 22.7 Å². The third-order valence-electron chi connectivity index (χ3n) is 5.24. The lowest BCUT2D eigenvalue weighted by Gasteiger charge is -2.36. The third-order valence-corrected chi connectivity index (χ3v) is 5.24. The quantitative estimate of drug-likeness (QED) is 0.650. The number of anilines is 1. The van der Waals surface area contributed by atoms with Crippen LogP contribution in [0.25, 0.3) is 0 Å². The Morgan fingerprint density at radius 1 is 1.00 bits per heavy atom. The smallest absolute Gasteiger partial charge is 0.235 e. The molecule has 2 aromatic rings. The molecule has 3 rings (SSSR count). The fourth-order valence-electron chi connectivity index (χ4n) is 3.52. The van der Waals surface area contributed by atoms with Crippen molar-refractivity contribution in [3.05, 3.63) is 54.1 Å². The number of methoxy groups -OCH3 is 1. The first kappa shape index (κ1) is 21.1. The molecule has 0 spiro atoms. The van der Waals surface area contributed by atoms with E-state index in [2.05, 4.69) is 5.32 Å². The molecular formula is C23H29NO5. The standard InChI is InChI=1S/C23H29NO5/c1-3-27-16-17-29-21-10-6-19(7-11-21)24-22(25)23(12-14-28-15-13-23)18-4-8-20(26-2)9-5-18/h4-11H,3,12-17H2,1-2H3,(H,24,25). The van der Waals surface area contributed by atoms with E-state index in [1.807, 2.05) is 55.5 Å². The highest BCUT2D eigenvalue weighted by Gasteiger charge is 2.41. The van der Waals surface area contributed by atoms with Crippen molar-refractivity contribution in [2.75, 3.05) is 45.5 Å². The van der Waals surface area contributed by atoms with Crippen LogP contribution in [0.4, 0.5) is 5.69 Å². The second kappa shape index (κ2) is 10.3. The molecule has 1 amide bonds. The summed E-state index contributed by atoms with van der Waals surface area (Å²) in [6.07, 6.45) is 1.29. The van der Waals surface area contributed by atoms with E-state index < -0.39 is 5.41 Å². The number of ether oxygens (including phenoxy) is 4. The normalized spacial score (nSPS) is 15.5. The van der Waals surface area contributed by atoms with Crippen molar-refractivity contribution in [1.82, 2.24) is 0 Å². The molecule has 1 fully saturated rings. The number of carbonyl (C=O) groups excluding carboxylic acids is 1. The summed E-state index contributed by atoms with van der Waals surface area (Å²) in [4.78, 5) is 13.3. The fourth-order valence-corrected chi connectivity index (χ4v) is 3.52. The Labute approximate surface area is 172 Å². The number of nitrogens with one attached hydrogen (secondary N) is 1. The number of carbonyl (C=O) groups is 1. The maximum absolute atomic E-state index is 13.3. The molecule has 1 N–H and O–H groups in total. The summed E-state index contributed by atoms with van der Waals surface area (Å²) < 4.78 is 21.7. The van der Waals surface area contributed by atoms with Crippen LogP contribution in [0.2, 0.25) is 0 Å². The molecule has 156 valence electrons. The van der Waals surface area contributed by atoms with Crippen LogP contribution in [-0.4, -0.2) is 46.1 Å². The van der Waals surface area contributed by atoms with Crippen molar-refractivity contribution in [2.24, 2.45) is 0 Å². The summed E-state index contributed by atoms with van der Waals surface area (Å²) in [6.45, 7) is 4.81. The predicted molar refractivity (Wildman–Crippen MR) is 112 cm³/mol. The largest absolute Gasteiger partial charge is 0.497 e. The van der Waals surface area contributed by atoms with E-state index in [1.165, 1.54) is 0 Å². The van der Waals surface area contributed by atoms with Crippen LogP contribution in [0, 0.1) is 0 Å². The summed E-state index contributed by atoms with van der Waals surface area (Å²) >= 11 is 0. The first-order valence-electron chi connectivity index (χ1n) is 10.0. The van der Waals surface area contributed by atoms with Gasteiger partial charge in [-0.25, -0.2) is 0 Å². The van der Waals surface area contributed by atoms with Gasteiger partial charge in [-0.1, -0.05) is 12.1 Å². The molecule has 1 aliphatic rings. The van der Waals surface area contributed by atoms with Gasteiger partial charge in [0.25, 0.3) is 0 Å². The van der Waals surface area contributed by atoms with Crippen molar-refractivity contribution in [1.29, 1.82) is 0 Å². The molecule has 0 saturated carbocycles. The summed E-state index contributed by atoms with van der Waals surface area (Å²) in [5, 5.41) is 3.08. The summed E-state index contributed by atoms with van der Waals surface area (Å²) in [5.41, 5.74) is 1.11. The average molecular weight is 399 g/mol. The fraction of sp³-hybridized carbons (Fsp3) is 0.435. The Bertz CT molecular complexity index is 767. The van der Waals surface area contributed by atoms with Crippen LogP contribution in [0.3, 0.4) is 0 Å². The van der Waals surface area contributed by atoms with Gasteiger partial charge in [0.05, 0.1) is 19.1 Å². The van der Waals surface area contributed by atoms with Crippen molar-refractivity contribution >= 4 is 11.6 Å². The van der Waals surface area contributed by atoms with Gasteiger partial charge in [0.15, 0.2) is 0 Å². The highest BCUT2D eigenvalue weighted by Crippen LogP contribution is 2.37. The number of amides is 1. The number of hydrogen-bond donors (Lipinski definition) is 1. The lowest BCUT2D eigenvalue weighted by atomic mass is 9.73. The van der Waals surface area contributed by atoms with Crippen molar-refractivity contribution in [2.45, 2.75) is 25.2 Å². The molecule has 0 aliphatic carbocycles. The second-order valence-corrected chi connectivity index (χ2v) is 6.95. The van der Waals surface area contributed by atoms with Gasteiger partial charge in [0, 0.05) is 25.5 Å². The number of rotatable bonds is 9. The maximum atomic E-state index is 13.3. The van der Waals surface area contributed by atoms with Gasteiger partial charge >= 0.3 is 0 Å². The molecule has 0 radical (unpaired) electrons. The maximum Gasteiger partial charge on any atom is 0.235 e. The van der Waals surface area contributed by atoms with Gasteiger partial charge in [-0.2, -0.15) is 0 Å². The van der Waals surface area contributed by atoms with Gasteiger partial charge < -0.3 is 24.3 Å². The zero-order chi connectivity index (χ0) is 20.5. The van der Waals surface area contributed by atoms with E-state index >= 15 is 0 Å². The van der Waals surface area contributed by atoms with Gasteiger partial charge in [0.2, 0.25) is 5.91 Å². The van der Waals surface area contributed by atoms with E-state index in [0.29, 0.717) is 45.9 Å². The molecule has 1 heterocycles. The van der Waals surface area contributed by atoms with E-state index in [1.54, 1.807) is 7.11 Å². The van der Waals surface area contributed by atoms with Crippen molar-refractivity contribution < 1.29 is 23.7 Å². The Kier molecular flexibility index (Phi) is 7.49. The predicted octanol–water partition coefficient (Wildman–Crippen LogP) is 3.80. The van der Waals surface area contributed by atoms with Gasteiger partial charge in [-0.3, -0.25) is 4.79 Å². The molecule has 29 heavy (non-hydrogen) atoms. The molecule has 6 heteroatoms. The van der Waals surface area contributed by atoms with E-state index in [-0.39, 0.29) is 5.91 Å². The lowest BCUT2D eigenvalue weighted by Crippen LogP contribution is -2.44.